The van der Waals surface area contributed by atoms with Crippen LogP contribution >= 0.6 is 0 Å². The van der Waals surface area contributed by atoms with Gasteiger partial charge in [-0.1, -0.05) is 0 Å². The molecule has 0 aliphatic carbocycles. The van der Waals surface area contributed by atoms with Crippen molar-refractivity contribution in [1.29, 1.82) is 5.26 Å². The standard InChI is InChI=1S/C10H13N3O/c1-10(13,6-14)8-4-7(5-11)2-3-9(8)12/h2-4,14H,6,12-13H2,1H3. The van der Waals surface area contributed by atoms with Gasteiger partial charge in [0.2, 0.25) is 0 Å². The number of hydrogen-bond donors (Lipinski definition) is 3. The van der Waals surface area contributed by atoms with E-state index in [0.29, 0.717) is 16.8 Å². The van der Waals surface area contributed by atoms with E-state index in [1.165, 1.54) is 0 Å². The topological polar surface area (TPSA) is 96.1 Å². The van der Waals surface area contributed by atoms with Crippen LogP contribution in [-0.4, -0.2) is 11.7 Å². The molecule has 0 aliphatic rings. The van der Waals surface area contributed by atoms with Gasteiger partial charge in [0.1, 0.15) is 0 Å². The zero-order chi connectivity index (χ0) is 10.8. The number of nitrogens with two attached hydrogens (primary N) is 2. The van der Waals surface area contributed by atoms with E-state index in [1.54, 1.807) is 25.1 Å². The van der Waals surface area contributed by atoms with Crippen LogP contribution in [-0.2, 0) is 5.54 Å². The van der Waals surface area contributed by atoms with E-state index in [2.05, 4.69) is 0 Å². The third kappa shape index (κ3) is 1.84. The van der Waals surface area contributed by atoms with E-state index in [4.69, 9.17) is 21.8 Å². The van der Waals surface area contributed by atoms with E-state index in [9.17, 15) is 0 Å². The number of hydrogen-bond acceptors (Lipinski definition) is 4. The fourth-order valence-electron chi connectivity index (χ4n) is 1.21. The van der Waals surface area contributed by atoms with E-state index < -0.39 is 5.54 Å². The minimum absolute atomic E-state index is 0.216. The second-order valence-corrected chi connectivity index (χ2v) is 3.49. The summed E-state index contributed by atoms with van der Waals surface area (Å²) in [6.45, 7) is 1.45. The summed E-state index contributed by atoms with van der Waals surface area (Å²) in [5, 5.41) is 17.8. The molecule has 0 spiro atoms. The Morgan fingerprint density at radius 2 is 2.21 bits per heavy atom. The van der Waals surface area contributed by atoms with Crippen molar-refractivity contribution in [3.8, 4) is 6.07 Å². The molecular weight excluding hydrogens is 178 g/mol. The van der Waals surface area contributed by atoms with Gasteiger partial charge in [-0.25, -0.2) is 0 Å². The largest absolute Gasteiger partial charge is 0.398 e. The summed E-state index contributed by atoms with van der Waals surface area (Å²) in [6, 6.07) is 6.84. The first-order valence-electron chi connectivity index (χ1n) is 4.21. The zero-order valence-electron chi connectivity index (χ0n) is 7.99. The number of aliphatic hydroxyl groups excluding tert-OH is 1. The maximum atomic E-state index is 9.07. The van der Waals surface area contributed by atoms with Crippen LogP contribution in [0.2, 0.25) is 0 Å². The van der Waals surface area contributed by atoms with E-state index in [-0.39, 0.29) is 6.61 Å². The smallest absolute Gasteiger partial charge is 0.0991 e. The second-order valence-electron chi connectivity index (χ2n) is 3.49. The van der Waals surface area contributed by atoms with Gasteiger partial charge in [-0.05, 0) is 30.7 Å². The van der Waals surface area contributed by atoms with Crippen molar-refractivity contribution < 1.29 is 5.11 Å². The van der Waals surface area contributed by atoms with Gasteiger partial charge >= 0.3 is 0 Å². The summed E-state index contributed by atoms with van der Waals surface area (Å²) in [5.41, 5.74) is 12.2. The molecule has 1 aromatic carbocycles. The maximum Gasteiger partial charge on any atom is 0.0991 e. The number of aliphatic hydroxyl groups is 1. The lowest BCUT2D eigenvalue weighted by Gasteiger charge is -2.24. The van der Waals surface area contributed by atoms with Gasteiger partial charge in [0, 0.05) is 5.69 Å². The number of nitrogen functional groups attached to an aromatic ring is 1. The molecule has 0 aromatic heterocycles. The predicted octanol–water partition coefficient (Wildman–Crippen LogP) is 0.307. The van der Waals surface area contributed by atoms with Crippen molar-refractivity contribution in [3.63, 3.8) is 0 Å². The van der Waals surface area contributed by atoms with Gasteiger partial charge in [-0.2, -0.15) is 5.26 Å². The number of nitrogens with zero attached hydrogens (tertiary/aromatic N) is 1. The van der Waals surface area contributed by atoms with Crippen LogP contribution in [0.3, 0.4) is 0 Å². The van der Waals surface area contributed by atoms with Gasteiger partial charge in [0.25, 0.3) is 0 Å². The van der Waals surface area contributed by atoms with E-state index >= 15 is 0 Å². The molecule has 0 saturated heterocycles. The van der Waals surface area contributed by atoms with Crippen molar-refractivity contribution in [2.75, 3.05) is 12.3 Å². The van der Waals surface area contributed by atoms with Crippen molar-refractivity contribution in [3.05, 3.63) is 29.3 Å². The molecule has 0 bridgehead atoms. The van der Waals surface area contributed by atoms with Gasteiger partial charge in [0.15, 0.2) is 0 Å². The van der Waals surface area contributed by atoms with Crippen LogP contribution in [0.4, 0.5) is 5.69 Å². The van der Waals surface area contributed by atoms with Gasteiger partial charge in [0.05, 0.1) is 23.8 Å². The Hall–Kier alpha value is -1.57. The van der Waals surface area contributed by atoms with Gasteiger partial charge in [-0.15, -0.1) is 0 Å². The number of anilines is 1. The first-order valence-corrected chi connectivity index (χ1v) is 4.21. The number of rotatable bonds is 2. The minimum Gasteiger partial charge on any atom is -0.398 e. The quantitative estimate of drug-likeness (QED) is 0.586. The molecule has 5 N–H and O–H groups in total. The Labute approximate surface area is 82.8 Å². The first kappa shape index (κ1) is 10.5. The van der Waals surface area contributed by atoms with Gasteiger partial charge in [-0.3, -0.25) is 0 Å². The molecule has 74 valence electrons. The summed E-state index contributed by atoms with van der Waals surface area (Å²) < 4.78 is 0. The normalized spacial score (nSPS) is 14.4. The van der Waals surface area contributed by atoms with Crippen LogP contribution in [0.15, 0.2) is 18.2 Å². The van der Waals surface area contributed by atoms with E-state index in [1.807, 2.05) is 6.07 Å². The lowest BCUT2D eigenvalue weighted by Crippen LogP contribution is -2.37. The fraction of sp³-hybridized carbons (Fsp3) is 0.300. The highest BCUT2D eigenvalue weighted by atomic mass is 16.3. The molecule has 4 nitrogen and oxygen atoms in total. The molecule has 1 atom stereocenters. The molecule has 1 rings (SSSR count). The highest BCUT2D eigenvalue weighted by Gasteiger charge is 2.22. The summed E-state index contributed by atoms with van der Waals surface area (Å²) >= 11 is 0. The van der Waals surface area contributed by atoms with Gasteiger partial charge < -0.3 is 16.6 Å². The summed E-state index contributed by atoms with van der Waals surface area (Å²) in [6.07, 6.45) is 0. The van der Waals surface area contributed by atoms with Crippen molar-refractivity contribution in [2.24, 2.45) is 5.73 Å². The average molecular weight is 191 g/mol. The van der Waals surface area contributed by atoms with Crippen molar-refractivity contribution in [1.82, 2.24) is 0 Å². The fourth-order valence-corrected chi connectivity index (χ4v) is 1.21. The van der Waals surface area contributed by atoms with Crippen molar-refractivity contribution >= 4 is 5.69 Å². The maximum absolute atomic E-state index is 9.07. The van der Waals surface area contributed by atoms with Crippen LogP contribution in [0.5, 0.6) is 0 Å². The molecule has 0 aliphatic heterocycles. The third-order valence-corrected chi connectivity index (χ3v) is 2.13. The SMILES string of the molecule is CC(N)(CO)c1cc(C#N)ccc1N. The highest BCUT2D eigenvalue weighted by molar-refractivity contribution is 5.54. The first-order chi connectivity index (χ1) is 6.51. The molecule has 0 amide bonds. The van der Waals surface area contributed by atoms with Crippen LogP contribution in [0.25, 0.3) is 0 Å². The lowest BCUT2D eigenvalue weighted by atomic mass is 9.91. The highest BCUT2D eigenvalue weighted by Crippen LogP contribution is 2.24. The molecule has 14 heavy (non-hydrogen) atoms. The monoisotopic (exact) mass is 191 g/mol. The summed E-state index contributed by atoms with van der Waals surface area (Å²) in [4.78, 5) is 0. The average Bonchev–Trinajstić information content (AvgIpc) is 2.18. The predicted molar refractivity (Wildman–Crippen MR) is 54.2 cm³/mol. The molecule has 1 aromatic rings. The Balaban J connectivity index is 3.27. The molecule has 0 radical (unpaired) electrons. The van der Waals surface area contributed by atoms with Crippen LogP contribution in [0, 0.1) is 11.3 Å². The number of benzene rings is 1. The molecule has 4 heteroatoms. The molecule has 0 heterocycles. The number of nitriles is 1. The Morgan fingerprint density at radius 3 is 2.71 bits per heavy atom. The Morgan fingerprint density at radius 1 is 1.57 bits per heavy atom. The molecular formula is C10H13N3O. The molecule has 0 fully saturated rings. The van der Waals surface area contributed by atoms with E-state index in [0.717, 1.165) is 0 Å². The van der Waals surface area contributed by atoms with Crippen LogP contribution < -0.4 is 11.5 Å². The summed E-state index contributed by atoms with van der Waals surface area (Å²) in [5.74, 6) is 0. The second kappa shape index (κ2) is 3.66. The minimum atomic E-state index is -0.906. The third-order valence-electron chi connectivity index (χ3n) is 2.13. The Bertz CT molecular complexity index is 379. The zero-order valence-corrected chi connectivity index (χ0v) is 7.99. The summed E-state index contributed by atoms with van der Waals surface area (Å²) in [7, 11) is 0. The van der Waals surface area contributed by atoms with Crippen molar-refractivity contribution in [2.45, 2.75) is 12.5 Å². The van der Waals surface area contributed by atoms with Crippen LogP contribution in [0.1, 0.15) is 18.1 Å². The Kier molecular flexibility index (Phi) is 2.75. The lowest BCUT2D eigenvalue weighted by molar-refractivity contribution is 0.210. The molecule has 1 unspecified atom stereocenters. The molecule has 0 saturated carbocycles.